The van der Waals surface area contributed by atoms with Gasteiger partial charge in [-0.15, -0.1) is 0 Å². The minimum atomic E-state index is -0.189. The minimum Gasteiger partial charge on any atom is -0.396 e. The molecule has 2 N–H and O–H groups in total. The van der Waals surface area contributed by atoms with Crippen molar-refractivity contribution in [3.8, 4) is 0 Å². The van der Waals surface area contributed by atoms with E-state index in [0.29, 0.717) is 6.42 Å². The highest BCUT2D eigenvalue weighted by molar-refractivity contribution is 7.07. The van der Waals surface area contributed by atoms with Crippen molar-refractivity contribution < 1.29 is 9.90 Å². The van der Waals surface area contributed by atoms with Crippen molar-refractivity contribution in [3.63, 3.8) is 0 Å². The molecule has 0 saturated carbocycles. The molecule has 1 rings (SSSR count). The molecule has 1 aromatic heterocycles. The van der Waals surface area contributed by atoms with Gasteiger partial charge in [0.05, 0.1) is 0 Å². The van der Waals surface area contributed by atoms with E-state index in [1.54, 1.807) is 12.3 Å². The molecule has 0 saturated heterocycles. The maximum Gasteiger partial charge on any atom is 0.307 e. The normalized spacial score (nSPS) is 12.7. The first-order chi connectivity index (χ1) is 8.45. The number of aliphatic hydroxyl groups is 1. The van der Waals surface area contributed by atoms with Gasteiger partial charge in [-0.3, -0.25) is 14.2 Å². The Bertz CT molecular complexity index is 450. The zero-order valence-corrected chi connectivity index (χ0v) is 11.8. The van der Waals surface area contributed by atoms with Crippen LogP contribution in [0.4, 0.5) is 0 Å². The van der Waals surface area contributed by atoms with Gasteiger partial charge in [0.1, 0.15) is 6.54 Å². The fourth-order valence-corrected chi connectivity index (χ4v) is 2.44. The van der Waals surface area contributed by atoms with Crippen LogP contribution in [-0.2, 0) is 11.3 Å². The number of aliphatic hydroxyl groups excluding tert-OH is 1. The number of aryl methyl sites for hydroxylation is 1. The van der Waals surface area contributed by atoms with Crippen molar-refractivity contribution in [2.75, 3.05) is 6.61 Å². The van der Waals surface area contributed by atoms with Crippen LogP contribution in [0.25, 0.3) is 0 Å². The molecule has 0 radical (unpaired) electrons. The van der Waals surface area contributed by atoms with Gasteiger partial charge < -0.3 is 10.4 Å². The second kappa shape index (κ2) is 6.70. The van der Waals surface area contributed by atoms with Crippen molar-refractivity contribution >= 4 is 17.2 Å². The highest BCUT2D eigenvalue weighted by atomic mass is 32.1. The number of hydrogen-bond acceptors (Lipinski definition) is 4. The molecule has 0 fully saturated rings. The topological polar surface area (TPSA) is 71.3 Å². The molecule has 0 aliphatic carbocycles. The van der Waals surface area contributed by atoms with Crippen molar-refractivity contribution in [1.29, 1.82) is 0 Å². The molecule has 18 heavy (non-hydrogen) atoms. The molecule has 0 aliphatic heterocycles. The minimum absolute atomic E-state index is 0.0422. The fraction of sp³-hybridized carbons (Fsp3) is 0.667. The van der Waals surface area contributed by atoms with Crippen LogP contribution >= 0.6 is 11.3 Å². The number of carbonyl (C=O) groups excluding carboxylic acids is 1. The zero-order valence-electron chi connectivity index (χ0n) is 11.0. The first-order valence-corrected chi connectivity index (χ1v) is 6.88. The standard InChI is InChI=1S/C12H20N2O3S/c1-8(2)10(4-5-15)13-11(16)6-14-9(3)7-18-12(14)17/h7-8,10,15H,4-6H2,1-3H3,(H,13,16). The van der Waals surface area contributed by atoms with E-state index in [4.69, 9.17) is 5.11 Å². The third-order valence-electron chi connectivity index (χ3n) is 2.87. The first kappa shape index (κ1) is 14.9. The molecular formula is C12H20N2O3S. The zero-order chi connectivity index (χ0) is 13.7. The Morgan fingerprint density at radius 3 is 2.67 bits per heavy atom. The van der Waals surface area contributed by atoms with Gasteiger partial charge in [-0.25, -0.2) is 0 Å². The van der Waals surface area contributed by atoms with Crippen LogP contribution in [0.3, 0.4) is 0 Å². The summed E-state index contributed by atoms with van der Waals surface area (Å²) >= 11 is 1.10. The van der Waals surface area contributed by atoms with Gasteiger partial charge in [-0.05, 0) is 19.3 Å². The lowest BCUT2D eigenvalue weighted by molar-refractivity contribution is -0.122. The number of nitrogens with one attached hydrogen (secondary N) is 1. The second-order valence-corrected chi connectivity index (χ2v) is 5.48. The summed E-state index contributed by atoms with van der Waals surface area (Å²) in [5, 5.41) is 13.5. The lowest BCUT2D eigenvalue weighted by atomic mass is 10.0. The van der Waals surface area contributed by atoms with Gasteiger partial charge in [-0.2, -0.15) is 0 Å². The molecule has 0 bridgehead atoms. The smallest absolute Gasteiger partial charge is 0.307 e. The predicted molar refractivity (Wildman–Crippen MR) is 71.8 cm³/mol. The lowest BCUT2D eigenvalue weighted by Gasteiger charge is -2.21. The average Bonchev–Trinajstić information content (AvgIpc) is 2.60. The third-order valence-corrected chi connectivity index (χ3v) is 3.75. The highest BCUT2D eigenvalue weighted by Gasteiger charge is 2.16. The van der Waals surface area contributed by atoms with Crippen LogP contribution in [-0.4, -0.2) is 28.2 Å². The van der Waals surface area contributed by atoms with Gasteiger partial charge in [0.25, 0.3) is 0 Å². The first-order valence-electron chi connectivity index (χ1n) is 6.00. The van der Waals surface area contributed by atoms with E-state index in [-0.39, 0.29) is 35.9 Å². The number of aromatic nitrogens is 1. The molecule has 1 atom stereocenters. The Morgan fingerprint density at radius 1 is 1.56 bits per heavy atom. The molecule has 1 aromatic rings. The molecule has 5 nitrogen and oxygen atoms in total. The highest BCUT2D eigenvalue weighted by Crippen LogP contribution is 2.06. The Morgan fingerprint density at radius 2 is 2.22 bits per heavy atom. The molecule has 102 valence electrons. The summed E-state index contributed by atoms with van der Waals surface area (Å²) in [5.74, 6) is 0.0622. The van der Waals surface area contributed by atoms with E-state index < -0.39 is 0 Å². The number of nitrogens with zero attached hydrogens (tertiary/aromatic N) is 1. The number of carbonyl (C=O) groups is 1. The molecule has 0 spiro atoms. The molecular weight excluding hydrogens is 252 g/mol. The maximum absolute atomic E-state index is 11.9. The summed E-state index contributed by atoms with van der Waals surface area (Å²) in [7, 11) is 0. The monoisotopic (exact) mass is 272 g/mol. The van der Waals surface area contributed by atoms with Crippen molar-refractivity contribution in [2.45, 2.75) is 39.8 Å². The van der Waals surface area contributed by atoms with E-state index >= 15 is 0 Å². The van der Waals surface area contributed by atoms with E-state index in [0.717, 1.165) is 17.0 Å². The Labute approximate surface area is 110 Å². The van der Waals surface area contributed by atoms with Crippen molar-refractivity contribution in [3.05, 3.63) is 20.7 Å². The van der Waals surface area contributed by atoms with E-state index in [1.807, 2.05) is 13.8 Å². The van der Waals surface area contributed by atoms with Gasteiger partial charge >= 0.3 is 4.87 Å². The maximum atomic E-state index is 11.9. The summed E-state index contributed by atoms with van der Waals surface area (Å²) in [6.45, 7) is 5.87. The van der Waals surface area contributed by atoms with E-state index in [2.05, 4.69) is 5.32 Å². The summed E-state index contributed by atoms with van der Waals surface area (Å²) in [6.07, 6.45) is 0.529. The van der Waals surface area contributed by atoms with Gasteiger partial charge in [-0.1, -0.05) is 25.2 Å². The lowest BCUT2D eigenvalue weighted by Crippen LogP contribution is -2.41. The van der Waals surface area contributed by atoms with Crippen molar-refractivity contribution in [2.24, 2.45) is 5.92 Å². The quantitative estimate of drug-likeness (QED) is 0.802. The molecule has 1 amide bonds. The SMILES string of the molecule is Cc1csc(=O)n1CC(=O)NC(CCO)C(C)C. The Balaban J connectivity index is 2.63. The molecule has 1 heterocycles. The molecule has 0 aliphatic rings. The summed E-state index contributed by atoms with van der Waals surface area (Å²) in [4.78, 5) is 23.2. The van der Waals surface area contributed by atoms with E-state index in [1.165, 1.54) is 4.57 Å². The molecule has 1 unspecified atom stereocenters. The molecule has 6 heteroatoms. The van der Waals surface area contributed by atoms with Crippen LogP contribution < -0.4 is 10.2 Å². The average molecular weight is 272 g/mol. The van der Waals surface area contributed by atoms with Crippen molar-refractivity contribution in [1.82, 2.24) is 9.88 Å². The van der Waals surface area contributed by atoms with Crippen LogP contribution in [0, 0.1) is 12.8 Å². The van der Waals surface area contributed by atoms with Crippen LogP contribution in [0.2, 0.25) is 0 Å². The third kappa shape index (κ3) is 3.96. The van der Waals surface area contributed by atoms with Gasteiger partial charge in [0.2, 0.25) is 5.91 Å². The second-order valence-electron chi connectivity index (χ2n) is 4.66. The fourth-order valence-electron chi connectivity index (χ4n) is 1.70. The summed E-state index contributed by atoms with van der Waals surface area (Å²) < 4.78 is 1.45. The Kier molecular flexibility index (Phi) is 5.55. The summed E-state index contributed by atoms with van der Waals surface area (Å²) in [5.41, 5.74) is 0.795. The number of hydrogen-bond donors (Lipinski definition) is 2. The summed E-state index contributed by atoms with van der Waals surface area (Å²) in [6, 6.07) is -0.0582. The van der Waals surface area contributed by atoms with E-state index in [9.17, 15) is 9.59 Å². The largest absolute Gasteiger partial charge is 0.396 e. The van der Waals surface area contributed by atoms with Crippen LogP contribution in [0.1, 0.15) is 26.0 Å². The number of thiazole rings is 1. The molecule has 0 aromatic carbocycles. The predicted octanol–water partition coefficient (Wildman–Crippen LogP) is 0.741. The van der Waals surface area contributed by atoms with Gasteiger partial charge in [0, 0.05) is 23.7 Å². The van der Waals surface area contributed by atoms with Crippen LogP contribution in [0.5, 0.6) is 0 Å². The van der Waals surface area contributed by atoms with Gasteiger partial charge in [0.15, 0.2) is 0 Å². The number of amides is 1. The Hall–Kier alpha value is -1.14. The van der Waals surface area contributed by atoms with Crippen LogP contribution in [0.15, 0.2) is 10.2 Å². The number of rotatable bonds is 6.